The molecule has 2 heterocycles. The second-order valence-corrected chi connectivity index (χ2v) is 6.74. The van der Waals surface area contributed by atoms with Gasteiger partial charge in [0.15, 0.2) is 0 Å². The van der Waals surface area contributed by atoms with Crippen LogP contribution in [-0.4, -0.2) is 45.4 Å². The van der Waals surface area contributed by atoms with E-state index in [2.05, 4.69) is 5.10 Å². The third kappa shape index (κ3) is 3.06. The molecule has 0 spiro atoms. The Balaban J connectivity index is 1.76. The fourth-order valence-corrected chi connectivity index (χ4v) is 3.48. The Labute approximate surface area is 140 Å². The van der Waals surface area contributed by atoms with Crippen LogP contribution < -0.4 is 0 Å². The smallest absolute Gasteiger partial charge is 0.272 e. The van der Waals surface area contributed by atoms with Gasteiger partial charge >= 0.3 is 0 Å². The van der Waals surface area contributed by atoms with E-state index in [9.17, 15) is 14.3 Å². The van der Waals surface area contributed by atoms with Crippen LogP contribution >= 0.6 is 0 Å². The topological polar surface area (TPSA) is 58.4 Å². The number of aliphatic hydroxyl groups excluding tert-OH is 1. The number of nitrogens with zero attached hydrogens (tertiary/aromatic N) is 3. The molecule has 1 fully saturated rings. The number of hydrogen-bond acceptors (Lipinski definition) is 3. The highest BCUT2D eigenvalue weighted by Gasteiger charge is 2.40. The summed E-state index contributed by atoms with van der Waals surface area (Å²) < 4.78 is 14.7. The van der Waals surface area contributed by atoms with Gasteiger partial charge in [-0.1, -0.05) is 12.1 Å². The Hall–Kier alpha value is -2.21. The summed E-state index contributed by atoms with van der Waals surface area (Å²) in [6.07, 6.45) is 3.03. The zero-order valence-corrected chi connectivity index (χ0v) is 14.0. The highest BCUT2D eigenvalue weighted by Crippen LogP contribution is 2.34. The summed E-state index contributed by atoms with van der Waals surface area (Å²) >= 11 is 0. The number of carbonyl (C=O) groups is 1. The van der Waals surface area contributed by atoms with E-state index in [-0.39, 0.29) is 23.7 Å². The van der Waals surface area contributed by atoms with Crippen molar-refractivity contribution in [3.05, 3.63) is 53.1 Å². The van der Waals surface area contributed by atoms with Crippen LogP contribution in [0.4, 0.5) is 4.39 Å². The fourth-order valence-electron chi connectivity index (χ4n) is 3.48. The quantitative estimate of drug-likeness (QED) is 0.931. The van der Waals surface area contributed by atoms with Crippen molar-refractivity contribution in [1.82, 2.24) is 14.7 Å². The maximum absolute atomic E-state index is 13.1. The summed E-state index contributed by atoms with van der Waals surface area (Å²) in [5, 5.41) is 14.1. The fraction of sp³-hybridized carbons (Fsp3) is 0.444. The van der Waals surface area contributed by atoms with E-state index in [0.29, 0.717) is 25.2 Å². The monoisotopic (exact) mass is 331 g/mol. The van der Waals surface area contributed by atoms with Gasteiger partial charge in [-0.2, -0.15) is 5.10 Å². The second-order valence-electron chi connectivity index (χ2n) is 6.74. The largest absolute Gasteiger partial charge is 0.396 e. The summed E-state index contributed by atoms with van der Waals surface area (Å²) in [5.41, 5.74) is 2.03. The minimum Gasteiger partial charge on any atom is -0.396 e. The van der Waals surface area contributed by atoms with Gasteiger partial charge in [-0.3, -0.25) is 9.48 Å². The van der Waals surface area contributed by atoms with Crippen molar-refractivity contribution in [1.29, 1.82) is 0 Å². The van der Waals surface area contributed by atoms with E-state index < -0.39 is 0 Å². The Morgan fingerprint density at radius 2 is 2.08 bits per heavy atom. The van der Waals surface area contributed by atoms with Gasteiger partial charge in [-0.15, -0.1) is 0 Å². The summed E-state index contributed by atoms with van der Waals surface area (Å²) in [6.45, 7) is 2.96. The van der Waals surface area contributed by atoms with Crippen LogP contribution in [0.3, 0.4) is 0 Å². The van der Waals surface area contributed by atoms with Gasteiger partial charge in [0.05, 0.1) is 12.8 Å². The number of halogens is 1. The lowest BCUT2D eigenvalue weighted by atomic mass is 9.81. The van der Waals surface area contributed by atoms with Crippen molar-refractivity contribution in [2.24, 2.45) is 12.5 Å². The number of rotatable bonds is 4. The first-order chi connectivity index (χ1) is 11.4. The van der Waals surface area contributed by atoms with Crippen LogP contribution in [0.5, 0.6) is 0 Å². The molecule has 1 aromatic heterocycles. The van der Waals surface area contributed by atoms with Crippen molar-refractivity contribution in [3.8, 4) is 0 Å². The number of carbonyl (C=O) groups excluding carboxylic acids is 1. The van der Waals surface area contributed by atoms with Gasteiger partial charge < -0.3 is 10.0 Å². The highest BCUT2D eigenvalue weighted by atomic mass is 19.1. The first-order valence-corrected chi connectivity index (χ1v) is 8.07. The van der Waals surface area contributed by atoms with Gasteiger partial charge in [0.1, 0.15) is 11.5 Å². The minimum atomic E-state index is -0.375. The molecule has 1 aliphatic rings. The minimum absolute atomic E-state index is 0.00146. The Morgan fingerprint density at radius 3 is 2.67 bits per heavy atom. The molecule has 1 saturated heterocycles. The van der Waals surface area contributed by atoms with Gasteiger partial charge in [-0.25, -0.2) is 4.39 Å². The predicted molar refractivity (Wildman–Crippen MR) is 88.1 cm³/mol. The van der Waals surface area contributed by atoms with E-state index >= 15 is 0 Å². The van der Waals surface area contributed by atoms with E-state index in [0.717, 1.165) is 17.5 Å². The summed E-state index contributed by atoms with van der Waals surface area (Å²) in [5.74, 6) is -0.325. The lowest BCUT2D eigenvalue weighted by molar-refractivity contribution is 0.0728. The van der Waals surface area contributed by atoms with Crippen LogP contribution in [0.2, 0.25) is 0 Å². The predicted octanol–water partition coefficient (Wildman–Crippen LogP) is 1.93. The van der Waals surface area contributed by atoms with Crippen LogP contribution in [0.15, 0.2) is 30.5 Å². The number of aromatic nitrogens is 2. The molecule has 0 bridgehead atoms. The SMILES string of the molecule is Cc1cnn(C)c1C(=O)N1CC[C@@](CO)(Cc2ccc(F)cc2)C1. The van der Waals surface area contributed by atoms with E-state index in [1.807, 2.05) is 6.92 Å². The average molecular weight is 331 g/mol. The molecule has 1 aromatic carbocycles. The number of aliphatic hydroxyl groups is 1. The van der Waals surface area contributed by atoms with E-state index in [1.165, 1.54) is 12.1 Å². The molecule has 6 heteroatoms. The number of benzene rings is 1. The van der Waals surface area contributed by atoms with Crippen LogP contribution in [0, 0.1) is 18.2 Å². The lowest BCUT2D eigenvalue weighted by Gasteiger charge is -2.27. The normalized spacial score (nSPS) is 20.6. The first-order valence-electron chi connectivity index (χ1n) is 8.07. The molecule has 3 rings (SSSR count). The van der Waals surface area contributed by atoms with E-state index in [4.69, 9.17) is 0 Å². The molecular formula is C18H22FN3O2. The van der Waals surface area contributed by atoms with Crippen molar-refractivity contribution < 1.29 is 14.3 Å². The molecule has 0 saturated carbocycles. The molecular weight excluding hydrogens is 309 g/mol. The lowest BCUT2D eigenvalue weighted by Crippen LogP contribution is -2.36. The maximum atomic E-state index is 13.1. The van der Waals surface area contributed by atoms with Gasteiger partial charge in [0.25, 0.3) is 5.91 Å². The molecule has 128 valence electrons. The van der Waals surface area contributed by atoms with Gasteiger partial charge in [0.2, 0.25) is 0 Å². The Morgan fingerprint density at radius 1 is 1.38 bits per heavy atom. The van der Waals surface area contributed by atoms with Crippen molar-refractivity contribution in [3.63, 3.8) is 0 Å². The highest BCUT2D eigenvalue weighted by molar-refractivity contribution is 5.94. The third-order valence-electron chi connectivity index (χ3n) is 4.88. The van der Waals surface area contributed by atoms with Crippen LogP contribution in [0.25, 0.3) is 0 Å². The Bertz CT molecular complexity index is 722. The first kappa shape index (κ1) is 16.6. The van der Waals surface area contributed by atoms with Gasteiger partial charge in [-0.05, 0) is 43.0 Å². The van der Waals surface area contributed by atoms with Crippen molar-refractivity contribution >= 4 is 5.91 Å². The zero-order valence-electron chi connectivity index (χ0n) is 14.0. The molecule has 5 nitrogen and oxygen atoms in total. The number of amides is 1. The van der Waals surface area contributed by atoms with E-state index in [1.54, 1.807) is 35.0 Å². The van der Waals surface area contributed by atoms with Crippen LogP contribution in [-0.2, 0) is 13.5 Å². The zero-order chi connectivity index (χ0) is 17.3. The molecule has 1 N–H and O–H groups in total. The number of likely N-dealkylation sites (tertiary alicyclic amines) is 1. The third-order valence-corrected chi connectivity index (χ3v) is 4.88. The number of hydrogen-bond donors (Lipinski definition) is 1. The average Bonchev–Trinajstić information content (AvgIpc) is 3.14. The van der Waals surface area contributed by atoms with Crippen molar-refractivity contribution in [2.75, 3.05) is 19.7 Å². The Kier molecular flexibility index (Phi) is 4.41. The number of aryl methyl sites for hydroxylation is 2. The molecule has 24 heavy (non-hydrogen) atoms. The summed E-state index contributed by atoms with van der Waals surface area (Å²) in [6, 6.07) is 6.33. The molecule has 1 amide bonds. The standard InChI is InChI=1S/C18H22FN3O2/c1-13-10-20-21(2)16(13)17(24)22-8-7-18(11-22,12-23)9-14-3-5-15(19)6-4-14/h3-6,10,23H,7-9,11-12H2,1-2H3/t18-/m1/s1. The molecule has 1 aliphatic heterocycles. The van der Waals surface area contributed by atoms with Crippen LogP contribution in [0.1, 0.15) is 28.0 Å². The molecule has 2 aromatic rings. The summed E-state index contributed by atoms with van der Waals surface area (Å²) in [4.78, 5) is 14.6. The molecule has 1 atom stereocenters. The molecule has 0 radical (unpaired) electrons. The van der Waals surface area contributed by atoms with Crippen molar-refractivity contribution in [2.45, 2.75) is 19.8 Å². The second kappa shape index (κ2) is 6.36. The summed E-state index contributed by atoms with van der Waals surface area (Å²) in [7, 11) is 1.76. The maximum Gasteiger partial charge on any atom is 0.272 e. The van der Waals surface area contributed by atoms with Gasteiger partial charge in [0, 0.05) is 25.6 Å². The molecule has 0 unspecified atom stereocenters. The molecule has 0 aliphatic carbocycles.